The number of rotatable bonds is 5. The van der Waals surface area contributed by atoms with Crippen molar-refractivity contribution >= 4 is 59.2 Å². The number of sulfonamides is 2. The summed E-state index contributed by atoms with van der Waals surface area (Å²) in [5.74, 6) is -0.530. The molecule has 1 aromatic rings. The molecule has 19 heavy (non-hydrogen) atoms. The van der Waals surface area contributed by atoms with E-state index in [0.717, 1.165) is 0 Å². The molecule has 0 saturated carbocycles. The molecule has 0 spiro atoms. The third-order valence-corrected chi connectivity index (χ3v) is 5.52. The second-order valence-electron chi connectivity index (χ2n) is 3.46. The van der Waals surface area contributed by atoms with E-state index in [9.17, 15) is 16.8 Å². The topological polar surface area (TPSA) is 106 Å². The molecule has 3 N–H and O–H groups in total. The van der Waals surface area contributed by atoms with Gasteiger partial charge < -0.3 is 0 Å². The molecule has 0 bridgehead atoms. The van der Waals surface area contributed by atoms with Gasteiger partial charge in [0, 0.05) is 11.0 Å². The number of nitrogens with one attached hydrogen (secondary N) is 1. The Morgan fingerprint density at radius 2 is 1.63 bits per heavy atom. The lowest BCUT2D eigenvalue weighted by molar-refractivity contribution is 0.581. The van der Waals surface area contributed by atoms with Gasteiger partial charge in [-0.2, -0.15) is 0 Å². The van der Waals surface area contributed by atoms with E-state index < -0.39 is 25.8 Å². The third-order valence-electron chi connectivity index (χ3n) is 1.91. The van der Waals surface area contributed by atoms with Crippen molar-refractivity contribution in [3.05, 3.63) is 26.7 Å². The number of halogens is 3. The van der Waals surface area contributed by atoms with Crippen LogP contribution < -0.4 is 9.86 Å². The molecule has 0 heterocycles. The van der Waals surface area contributed by atoms with Crippen molar-refractivity contribution in [3.8, 4) is 0 Å². The van der Waals surface area contributed by atoms with Crippen molar-refractivity contribution in [2.75, 3.05) is 12.3 Å². The second-order valence-corrected chi connectivity index (χ2v) is 8.63. The molecule has 0 radical (unpaired) electrons. The Hall–Kier alpha value is 0.1000. The molecule has 0 saturated heterocycles. The summed E-state index contributed by atoms with van der Waals surface area (Å²) in [6.07, 6.45) is 0. The minimum Gasteiger partial charge on any atom is -0.229 e. The molecule has 0 fully saturated rings. The van der Waals surface area contributed by atoms with Crippen LogP contribution in [0, 0.1) is 0 Å². The number of nitrogens with two attached hydrogens (primary N) is 1. The molecule has 0 aliphatic carbocycles. The first kappa shape index (κ1) is 17.2. The lowest BCUT2D eigenvalue weighted by Gasteiger charge is -2.10. The van der Waals surface area contributed by atoms with Gasteiger partial charge in [-0.3, -0.25) is 0 Å². The maximum Gasteiger partial charge on any atom is 0.243 e. The summed E-state index contributed by atoms with van der Waals surface area (Å²) in [7, 11) is -7.77. The highest BCUT2D eigenvalue weighted by Crippen LogP contribution is 2.32. The minimum absolute atomic E-state index is 0.0810. The highest BCUT2D eigenvalue weighted by atomic mass is 79.9. The highest BCUT2D eigenvalue weighted by Gasteiger charge is 2.22. The highest BCUT2D eigenvalue weighted by molar-refractivity contribution is 9.10. The minimum atomic E-state index is -4.02. The molecule has 0 atom stereocenters. The Morgan fingerprint density at radius 1 is 1.16 bits per heavy atom. The van der Waals surface area contributed by atoms with Gasteiger partial charge in [0.15, 0.2) is 0 Å². The van der Waals surface area contributed by atoms with Crippen LogP contribution in [-0.2, 0) is 20.0 Å². The summed E-state index contributed by atoms with van der Waals surface area (Å²) in [6.45, 7) is -0.371. The van der Waals surface area contributed by atoms with Crippen LogP contribution in [0.4, 0.5) is 0 Å². The van der Waals surface area contributed by atoms with Gasteiger partial charge in [-0.25, -0.2) is 26.7 Å². The smallest absolute Gasteiger partial charge is 0.229 e. The molecule has 11 heteroatoms. The molecule has 108 valence electrons. The normalized spacial score (nSPS) is 12.6. The van der Waals surface area contributed by atoms with E-state index in [1.54, 1.807) is 0 Å². The van der Waals surface area contributed by atoms with Gasteiger partial charge in [0.2, 0.25) is 20.0 Å². The zero-order valence-corrected chi connectivity index (χ0v) is 14.0. The van der Waals surface area contributed by atoms with Crippen molar-refractivity contribution < 1.29 is 16.8 Å². The van der Waals surface area contributed by atoms with Gasteiger partial charge >= 0.3 is 0 Å². The van der Waals surface area contributed by atoms with Crippen LogP contribution in [0.3, 0.4) is 0 Å². The molecule has 0 aromatic heterocycles. The zero-order chi connectivity index (χ0) is 14.8. The van der Waals surface area contributed by atoms with Gasteiger partial charge in [0.25, 0.3) is 0 Å². The summed E-state index contributed by atoms with van der Waals surface area (Å²) < 4.78 is 47.9. The van der Waals surface area contributed by atoms with Crippen LogP contribution in [0.1, 0.15) is 0 Å². The van der Waals surface area contributed by atoms with Crippen molar-refractivity contribution in [1.29, 1.82) is 0 Å². The summed E-state index contributed by atoms with van der Waals surface area (Å²) in [5, 5.41) is 4.60. The van der Waals surface area contributed by atoms with E-state index in [-0.39, 0.29) is 21.5 Å². The van der Waals surface area contributed by atoms with E-state index in [1.807, 2.05) is 0 Å². The molecule has 0 amide bonds. The lowest BCUT2D eigenvalue weighted by atomic mass is 10.4. The predicted octanol–water partition coefficient (Wildman–Crippen LogP) is 1.32. The fraction of sp³-hybridized carbons (Fsp3) is 0.250. The van der Waals surface area contributed by atoms with Crippen LogP contribution >= 0.6 is 39.1 Å². The number of hydrogen-bond acceptors (Lipinski definition) is 4. The molecule has 0 aliphatic heterocycles. The first-order valence-electron chi connectivity index (χ1n) is 4.67. The van der Waals surface area contributed by atoms with E-state index in [4.69, 9.17) is 28.3 Å². The average molecular weight is 412 g/mol. The zero-order valence-electron chi connectivity index (χ0n) is 9.23. The van der Waals surface area contributed by atoms with Crippen LogP contribution in [-0.4, -0.2) is 29.1 Å². The monoisotopic (exact) mass is 410 g/mol. The van der Waals surface area contributed by atoms with E-state index >= 15 is 0 Å². The van der Waals surface area contributed by atoms with E-state index in [0.29, 0.717) is 4.47 Å². The summed E-state index contributed by atoms with van der Waals surface area (Å²) in [4.78, 5) is -0.312. The number of benzene rings is 1. The second kappa shape index (κ2) is 6.25. The van der Waals surface area contributed by atoms with Crippen LogP contribution in [0.2, 0.25) is 10.0 Å². The number of primary sulfonamides is 1. The van der Waals surface area contributed by atoms with Crippen LogP contribution in [0.15, 0.2) is 21.5 Å². The molecule has 0 aliphatic rings. The first-order chi connectivity index (χ1) is 8.53. The molecule has 0 unspecified atom stereocenters. The van der Waals surface area contributed by atoms with Gasteiger partial charge in [0.1, 0.15) is 4.90 Å². The molecular formula is C8H9BrCl2N2O4S2. The first-order valence-corrected chi connectivity index (χ1v) is 9.42. The summed E-state index contributed by atoms with van der Waals surface area (Å²) >= 11 is 14.7. The Morgan fingerprint density at radius 3 is 2.05 bits per heavy atom. The van der Waals surface area contributed by atoms with Crippen molar-refractivity contribution in [2.45, 2.75) is 4.90 Å². The maximum atomic E-state index is 11.9. The molecule has 1 rings (SSSR count). The van der Waals surface area contributed by atoms with Crippen molar-refractivity contribution in [3.63, 3.8) is 0 Å². The SMILES string of the molecule is NS(=O)(=O)CCNS(=O)(=O)c1c(Cl)cc(Br)cc1Cl. The quantitative estimate of drug-likeness (QED) is 0.761. The summed E-state index contributed by atoms with van der Waals surface area (Å²) in [5.41, 5.74) is 0. The van der Waals surface area contributed by atoms with Crippen LogP contribution in [0.5, 0.6) is 0 Å². The summed E-state index contributed by atoms with van der Waals surface area (Å²) in [6, 6.07) is 2.73. The van der Waals surface area contributed by atoms with E-state index in [1.165, 1.54) is 12.1 Å². The predicted molar refractivity (Wildman–Crippen MR) is 77.3 cm³/mol. The van der Waals surface area contributed by atoms with Gasteiger partial charge in [0.05, 0.1) is 15.8 Å². The molecule has 6 nitrogen and oxygen atoms in total. The van der Waals surface area contributed by atoms with E-state index in [2.05, 4.69) is 20.7 Å². The molecular weight excluding hydrogens is 403 g/mol. The fourth-order valence-electron chi connectivity index (χ4n) is 1.18. The Bertz CT molecular complexity index is 668. The Balaban J connectivity index is 3.02. The lowest BCUT2D eigenvalue weighted by Crippen LogP contribution is -2.31. The van der Waals surface area contributed by atoms with Crippen molar-refractivity contribution in [2.24, 2.45) is 5.14 Å². The number of hydrogen-bond donors (Lipinski definition) is 2. The largest absolute Gasteiger partial charge is 0.243 e. The van der Waals surface area contributed by atoms with Crippen molar-refractivity contribution in [1.82, 2.24) is 4.72 Å². The fourth-order valence-corrected chi connectivity index (χ4v) is 4.66. The Kier molecular flexibility index (Phi) is 5.64. The van der Waals surface area contributed by atoms with Crippen LogP contribution in [0.25, 0.3) is 0 Å². The maximum absolute atomic E-state index is 11.9. The average Bonchev–Trinajstić information content (AvgIpc) is 2.11. The van der Waals surface area contributed by atoms with Gasteiger partial charge in [-0.05, 0) is 12.1 Å². The standard InChI is InChI=1S/C8H9BrCl2N2O4S2/c9-5-3-6(10)8(7(11)4-5)19(16,17)13-1-2-18(12,14)15/h3-4,13H,1-2H2,(H2,12,14,15). The molecule has 1 aromatic carbocycles. The van der Waals surface area contributed by atoms with Gasteiger partial charge in [-0.15, -0.1) is 0 Å². The third kappa shape index (κ3) is 5.18. The Labute approximate surface area is 129 Å². The van der Waals surface area contributed by atoms with Gasteiger partial charge in [-0.1, -0.05) is 39.1 Å².